The predicted molar refractivity (Wildman–Crippen MR) is 202 cm³/mol. The van der Waals surface area contributed by atoms with E-state index >= 15 is 0 Å². The van der Waals surface area contributed by atoms with Gasteiger partial charge in [-0.15, -0.1) is 0 Å². The Bertz CT molecular complexity index is 2010. The van der Waals surface area contributed by atoms with E-state index in [0.29, 0.717) is 5.52 Å². The molecule has 3 heterocycles. The number of carbonyl (C=O) groups is 3. The van der Waals surface area contributed by atoms with Crippen LogP contribution in [-0.2, 0) is 53.4 Å². The van der Waals surface area contributed by atoms with Crippen molar-refractivity contribution < 1.29 is 46.9 Å². The second-order valence-corrected chi connectivity index (χ2v) is 17.6. The van der Waals surface area contributed by atoms with Gasteiger partial charge in [-0.3, -0.25) is 18.9 Å². The Morgan fingerprint density at radius 3 is 2.34 bits per heavy atom. The average molecular weight is 795 g/mol. The number of hydrogen-bond donors (Lipinski definition) is 2. The molecule has 2 aliphatic carbocycles. The van der Waals surface area contributed by atoms with E-state index in [1.165, 1.54) is 36.7 Å². The summed E-state index contributed by atoms with van der Waals surface area (Å²) in [6.07, 6.45) is 2.68. The zero-order chi connectivity index (χ0) is 40.5. The number of ether oxygens (including phenoxy) is 4. The fourth-order valence-electron chi connectivity index (χ4n) is 7.76. The van der Waals surface area contributed by atoms with E-state index in [2.05, 4.69) is 42.0 Å². The summed E-state index contributed by atoms with van der Waals surface area (Å²) in [4.78, 5) is 43.2. The van der Waals surface area contributed by atoms with E-state index in [1.54, 1.807) is 32.0 Å². The molecule has 1 aliphatic heterocycles. The van der Waals surface area contributed by atoms with Crippen molar-refractivity contribution in [3.63, 3.8) is 0 Å². The summed E-state index contributed by atoms with van der Waals surface area (Å²) in [5.74, 6) is -1.74. The standard InChI is InChI=1S/C39H51N6O10P/c1-7-31(46)52-33-29(54-39(22-40,34(33)53-32(47)8-2)30-16-15-28-35(41)42-23-43-45(28)30)21-50-56(49,55-26-13-11-25(12-14-26)37(4,5)6)44-24(3)36(48)51-27-19-38(20-27)17-9-10-18-38/h11-16,23-24,27,29,33-34H,7-10,17-21H2,1-6H3,(H,44,49)(H2,41,42,43)/t24-,29+,33+,34+,39-,56?/m0/s1. The van der Waals surface area contributed by atoms with Crippen molar-refractivity contribution in [1.29, 1.82) is 5.26 Å². The van der Waals surface area contributed by atoms with Crippen LogP contribution in [0.5, 0.6) is 5.75 Å². The van der Waals surface area contributed by atoms with E-state index in [9.17, 15) is 24.2 Å². The number of carbonyl (C=O) groups excluding carboxylic acids is 3. The predicted octanol–water partition coefficient (Wildman–Crippen LogP) is 5.82. The third-order valence-corrected chi connectivity index (χ3v) is 12.5. The van der Waals surface area contributed by atoms with Crippen molar-refractivity contribution in [2.45, 2.75) is 134 Å². The van der Waals surface area contributed by atoms with Crippen molar-refractivity contribution in [3.8, 4) is 11.8 Å². The number of rotatable bonds is 14. The molecule has 3 aliphatic rings. The lowest BCUT2D eigenvalue weighted by molar-refractivity contribution is -0.169. The number of nitriles is 1. The number of aromatic nitrogens is 3. The number of nitrogens with zero attached hydrogens (tertiary/aromatic N) is 4. The second kappa shape index (κ2) is 16.1. The molecule has 0 bridgehead atoms. The first-order chi connectivity index (χ1) is 26.5. The first-order valence-electron chi connectivity index (χ1n) is 19.1. The number of nitrogens with two attached hydrogens (primary N) is 1. The molecule has 1 aromatic carbocycles. The number of fused-ring (bicyclic) bond motifs is 1. The third kappa shape index (κ3) is 8.41. The van der Waals surface area contributed by atoms with Gasteiger partial charge in [0, 0.05) is 12.8 Å². The second-order valence-electron chi connectivity index (χ2n) is 15.9. The minimum atomic E-state index is -4.50. The van der Waals surface area contributed by atoms with Gasteiger partial charge >= 0.3 is 25.7 Å². The van der Waals surface area contributed by atoms with Crippen LogP contribution in [0.1, 0.15) is 104 Å². The Labute approximate surface area is 326 Å². The molecule has 56 heavy (non-hydrogen) atoms. The summed E-state index contributed by atoms with van der Waals surface area (Å²) in [6, 6.07) is 11.0. The summed E-state index contributed by atoms with van der Waals surface area (Å²) >= 11 is 0. The van der Waals surface area contributed by atoms with E-state index in [0.717, 1.165) is 31.2 Å². The fraction of sp³-hybridized carbons (Fsp3) is 0.590. The monoisotopic (exact) mass is 794 g/mol. The number of esters is 3. The van der Waals surface area contributed by atoms with Crippen LogP contribution in [0.2, 0.25) is 0 Å². The molecule has 6 rings (SSSR count). The normalized spacial score (nSPS) is 24.8. The molecule has 1 unspecified atom stereocenters. The van der Waals surface area contributed by atoms with Crippen LogP contribution in [0.3, 0.4) is 0 Å². The van der Waals surface area contributed by atoms with Gasteiger partial charge in [-0.05, 0) is 73.3 Å². The molecule has 3 N–H and O–H groups in total. The van der Waals surface area contributed by atoms with Gasteiger partial charge in [0.05, 0.1) is 12.3 Å². The van der Waals surface area contributed by atoms with Crippen molar-refractivity contribution in [2.24, 2.45) is 5.41 Å². The number of anilines is 1. The lowest BCUT2D eigenvalue weighted by atomic mass is 9.65. The molecule has 6 atom stereocenters. The highest BCUT2D eigenvalue weighted by Crippen LogP contribution is 2.54. The molecule has 2 saturated carbocycles. The van der Waals surface area contributed by atoms with Gasteiger partial charge in [-0.1, -0.05) is 59.6 Å². The summed E-state index contributed by atoms with van der Waals surface area (Å²) < 4.78 is 52.0. The van der Waals surface area contributed by atoms with E-state index in [-0.39, 0.29) is 47.0 Å². The van der Waals surface area contributed by atoms with Gasteiger partial charge in [0.1, 0.15) is 41.9 Å². The maximum atomic E-state index is 14.8. The van der Waals surface area contributed by atoms with Crippen molar-refractivity contribution in [1.82, 2.24) is 19.7 Å². The maximum Gasteiger partial charge on any atom is 0.459 e. The number of benzene rings is 1. The summed E-state index contributed by atoms with van der Waals surface area (Å²) in [7, 11) is -4.50. The Morgan fingerprint density at radius 1 is 1.05 bits per heavy atom. The fourth-order valence-corrected chi connectivity index (χ4v) is 9.26. The Kier molecular flexibility index (Phi) is 11.8. The SMILES string of the molecule is CCC(=O)O[C@H]1[C@@H](OC(=O)CC)[C@](C#N)(c2ccc3c(N)ncnn23)O[C@@H]1COP(=O)(N[C@@H](C)C(=O)OC1CC2(CCCC2)C1)Oc1ccc(C(C)(C)C)cc1. The highest BCUT2D eigenvalue weighted by Gasteiger charge is 2.63. The number of nitrogens with one attached hydrogen (secondary N) is 1. The van der Waals surface area contributed by atoms with Crippen LogP contribution in [0.15, 0.2) is 42.7 Å². The van der Waals surface area contributed by atoms with Crippen LogP contribution in [-0.4, -0.2) is 69.6 Å². The van der Waals surface area contributed by atoms with Crippen LogP contribution >= 0.6 is 7.75 Å². The smallest absolute Gasteiger partial charge is 0.459 e. The molecule has 3 fully saturated rings. The Morgan fingerprint density at radius 2 is 1.71 bits per heavy atom. The van der Waals surface area contributed by atoms with Crippen LogP contribution in [0, 0.1) is 16.7 Å². The topological polar surface area (TPSA) is 216 Å². The highest BCUT2D eigenvalue weighted by molar-refractivity contribution is 7.52. The molecule has 16 nitrogen and oxygen atoms in total. The van der Waals surface area contributed by atoms with Gasteiger partial charge < -0.3 is 29.2 Å². The number of nitrogen functional groups attached to an aromatic ring is 1. The van der Waals surface area contributed by atoms with Gasteiger partial charge in [-0.25, -0.2) is 14.1 Å². The number of hydrogen-bond acceptors (Lipinski definition) is 14. The molecular formula is C39H51N6O10P. The third-order valence-electron chi connectivity index (χ3n) is 10.9. The van der Waals surface area contributed by atoms with Crippen molar-refractivity contribution in [3.05, 3.63) is 54.0 Å². The first-order valence-corrected chi connectivity index (χ1v) is 20.7. The molecule has 0 radical (unpaired) electrons. The zero-order valence-corrected chi connectivity index (χ0v) is 33.6. The molecule has 17 heteroatoms. The summed E-state index contributed by atoms with van der Waals surface area (Å²) in [5, 5.41) is 17.8. The van der Waals surface area contributed by atoms with Gasteiger partial charge in [0.2, 0.25) is 5.60 Å². The minimum Gasteiger partial charge on any atom is -0.461 e. The van der Waals surface area contributed by atoms with Gasteiger partial charge in [0.15, 0.2) is 18.0 Å². The Balaban J connectivity index is 1.31. The zero-order valence-electron chi connectivity index (χ0n) is 32.7. The Hall–Kier alpha value is -4.55. The lowest BCUT2D eigenvalue weighted by Gasteiger charge is -2.44. The van der Waals surface area contributed by atoms with E-state index in [1.807, 2.05) is 12.1 Å². The molecular weight excluding hydrogens is 743 g/mol. The van der Waals surface area contributed by atoms with Crippen LogP contribution in [0.25, 0.3) is 5.52 Å². The molecule has 0 amide bonds. The molecule has 302 valence electrons. The summed E-state index contributed by atoms with van der Waals surface area (Å²) in [5.41, 5.74) is 5.45. The van der Waals surface area contributed by atoms with Gasteiger partial charge in [-0.2, -0.15) is 15.4 Å². The largest absolute Gasteiger partial charge is 0.461 e. The molecule has 1 saturated heterocycles. The summed E-state index contributed by atoms with van der Waals surface area (Å²) in [6.45, 7) is 10.2. The van der Waals surface area contributed by atoms with E-state index in [4.69, 9.17) is 33.7 Å². The molecule has 2 aromatic heterocycles. The van der Waals surface area contributed by atoms with Crippen molar-refractivity contribution in [2.75, 3.05) is 12.3 Å². The van der Waals surface area contributed by atoms with Crippen molar-refractivity contribution >= 4 is 37.0 Å². The van der Waals surface area contributed by atoms with Gasteiger partial charge in [0.25, 0.3) is 0 Å². The highest BCUT2D eigenvalue weighted by atomic mass is 31.2. The average Bonchev–Trinajstić information content (AvgIpc) is 3.88. The molecule has 1 spiro atoms. The quantitative estimate of drug-likeness (QED) is 0.112. The van der Waals surface area contributed by atoms with Crippen LogP contribution < -0.4 is 15.3 Å². The van der Waals surface area contributed by atoms with Crippen LogP contribution in [0.4, 0.5) is 5.82 Å². The van der Waals surface area contributed by atoms with E-state index < -0.39 is 62.2 Å². The molecule has 3 aromatic rings. The first kappa shape index (κ1) is 41.1. The maximum absolute atomic E-state index is 14.8. The minimum absolute atomic E-state index is 0.0641. The lowest BCUT2D eigenvalue weighted by Crippen LogP contribution is -2.46.